The van der Waals surface area contributed by atoms with E-state index in [-0.39, 0.29) is 5.41 Å². The zero-order valence-electron chi connectivity index (χ0n) is 36.9. The first-order valence-electron chi connectivity index (χ1n) is 23.0. The predicted octanol–water partition coefficient (Wildman–Crippen LogP) is 18.1. The van der Waals surface area contributed by atoms with Crippen molar-refractivity contribution in [2.75, 3.05) is 4.90 Å². The number of allylic oxidation sites excluding steroid dienone is 2. The van der Waals surface area contributed by atoms with Crippen molar-refractivity contribution in [3.63, 3.8) is 0 Å². The molecular formula is C63H45NS2. The van der Waals surface area contributed by atoms with Gasteiger partial charge in [-0.1, -0.05) is 184 Å². The van der Waals surface area contributed by atoms with Crippen LogP contribution in [0.25, 0.3) is 74.8 Å². The van der Waals surface area contributed by atoms with Crippen molar-refractivity contribution in [1.82, 2.24) is 0 Å². The third kappa shape index (κ3) is 6.48. The highest BCUT2D eigenvalue weighted by molar-refractivity contribution is 7.27. The predicted molar refractivity (Wildman–Crippen MR) is 287 cm³/mol. The molecule has 0 spiro atoms. The quantitative estimate of drug-likeness (QED) is 0.150. The summed E-state index contributed by atoms with van der Waals surface area (Å²) in [5, 5.41) is 5.26. The second-order valence-electron chi connectivity index (χ2n) is 18.5. The van der Waals surface area contributed by atoms with Crippen LogP contribution in [0.1, 0.15) is 58.4 Å². The maximum absolute atomic E-state index is 2.57. The van der Waals surface area contributed by atoms with E-state index in [0.717, 1.165) is 18.5 Å². The summed E-state index contributed by atoms with van der Waals surface area (Å²) >= 11 is 3.83. The Kier molecular flexibility index (Phi) is 9.13. The number of thiophene rings is 2. The molecule has 1 aliphatic carbocycles. The zero-order chi connectivity index (χ0) is 43.9. The van der Waals surface area contributed by atoms with Gasteiger partial charge in [0.1, 0.15) is 0 Å². The highest BCUT2D eigenvalue weighted by Gasteiger charge is 2.36. The minimum absolute atomic E-state index is 0.137. The van der Waals surface area contributed by atoms with E-state index in [0.29, 0.717) is 0 Å². The molecule has 4 bridgehead atoms. The fraction of sp³-hybridized carbons (Fsp3) is 0.0794. The van der Waals surface area contributed by atoms with Gasteiger partial charge < -0.3 is 4.90 Å². The third-order valence-corrected chi connectivity index (χ3v) is 16.4. The molecule has 2 aromatic heterocycles. The van der Waals surface area contributed by atoms with E-state index < -0.39 is 0 Å². The molecule has 1 nitrogen and oxygen atoms in total. The first-order valence-corrected chi connectivity index (χ1v) is 24.6. The van der Waals surface area contributed by atoms with Crippen LogP contribution in [0.3, 0.4) is 0 Å². The molecule has 66 heavy (non-hydrogen) atoms. The van der Waals surface area contributed by atoms with Gasteiger partial charge in [-0.2, -0.15) is 0 Å². The monoisotopic (exact) mass is 879 g/mol. The fourth-order valence-electron chi connectivity index (χ4n) is 10.9. The van der Waals surface area contributed by atoms with Crippen LogP contribution in [0, 0.1) is 0 Å². The summed E-state index contributed by atoms with van der Waals surface area (Å²) in [5.41, 5.74) is 19.0. The Hall–Kier alpha value is -7.30. The van der Waals surface area contributed by atoms with Crippen LogP contribution in [0.4, 0.5) is 17.1 Å². The highest BCUT2D eigenvalue weighted by atomic mass is 32.1. The van der Waals surface area contributed by atoms with Gasteiger partial charge in [-0.15, -0.1) is 22.7 Å². The van der Waals surface area contributed by atoms with Gasteiger partial charge in [0, 0.05) is 52.4 Å². The Bertz CT molecular complexity index is 3790. The van der Waals surface area contributed by atoms with Gasteiger partial charge in [-0.25, -0.2) is 0 Å². The maximum atomic E-state index is 2.57. The third-order valence-electron chi connectivity index (χ3n) is 14.0. The number of hydrogen-bond donors (Lipinski definition) is 0. The standard InChI is InChI=1S/C63H45NS2/c1-63(2)56-24-11-9-19-50(56)51-30-28-47(39-57(51)63)64-48-36-43(34-45(38-48)44(31-40-15-5-3-6-16-40)32-41-17-7-4-8-18-41)35-46(33-42-27-29-53-52-20-10-12-26-59(52)65-60(53)37-42)49-21-13-22-54-55-23-14-25-58(64)62(55)66-61(49)54/h3-31,33-34,36-39H,32,35H2,1-2H3/b44-31-,46-33-. The lowest BCUT2D eigenvalue weighted by atomic mass is 9.82. The highest BCUT2D eigenvalue weighted by Crippen LogP contribution is 2.53. The number of hydrogen-bond acceptors (Lipinski definition) is 3. The Morgan fingerprint density at radius 1 is 0.515 bits per heavy atom. The topological polar surface area (TPSA) is 3.24 Å². The Morgan fingerprint density at radius 3 is 2.11 bits per heavy atom. The van der Waals surface area contributed by atoms with Gasteiger partial charge in [-0.3, -0.25) is 0 Å². The number of rotatable bonds is 6. The smallest absolute Gasteiger partial charge is 0.0640 e. The van der Waals surface area contributed by atoms with Gasteiger partial charge in [0.2, 0.25) is 0 Å². The van der Waals surface area contributed by atoms with Crippen molar-refractivity contribution < 1.29 is 0 Å². The molecule has 1 aliphatic heterocycles. The van der Waals surface area contributed by atoms with E-state index in [4.69, 9.17) is 0 Å². The molecule has 0 amide bonds. The number of fused-ring (bicyclic) bond motifs is 9. The van der Waals surface area contributed by atoms with Crippen LogP contribution in [-0.2, 0) is 18.3 Å². The first-order chi connectivity index (χ1) is 32.4. The van der Waals surface area contributed by atoms with E-state index in [9.17, 15) is 0 Å². The molecule has 3 heteroatoms. The molecule has 0 saturated heterocycles. The summed E-state index contributed by atoms with van der Waals surface area (Å²) in [6.45, 7) is 4.77. The SMILES string of the molecule is CC1(C)c2ccccc2-c2ccc(N3c4cc(cc(/C(=C\c5ccccc5)Cc5ccccc5)c4)C/C(=C/c4ccc5c(c4)sc4ccccc45)c4cccc5c4sc4c3cccc45)cc21. The molecule has 0 atom stereocenters. The average Bonchev–Trinajstić information content (AvgIpc) is 3.99. The molecule has 0 radical (unpaired) electrons. The summed E-state index contributed by atoms with van der Waals surface area (Å²) in [4.78, 5) is 2.57. The number of benzene rings is 9. The van der Waals surface area contributed by atoms with E-state index in [2.05, 4.69) is 231 Å². The van der Waals surface area contributed by atoms with E-state index in [1.54, 1.807) is 0 Å². The van der Waals surface area contributed by atoms with Crippen LogP contribution in [0.15, 0.2) is 200 Å². The van der Waals surface area contributed by atoms with Crippen molar-refractivity contribution in [3.8, 4) is 11.1 Å². The molecule has 11 aromatic rings. The fourth-order valence-corrected chi connectivity index (χ4v) is 13.4. The zero-order valence-corrected chi connectivity index (χ0v) is 38.5. The molecule has 0 N–H and O–H groups in total. The molecular weight excluding hydrogens is 835 g/mol. The molecule has 2 aliphatic rings. The molecule has 0 saturated carbocycles. The largest absolute Gasteiger partial charge is 0.309 e. The molecule has 3 heterocycles. The summed E-state index contributed by atoms with van der Waals surface area (Å²) in [5.74, 6) is 0. The van der Waals surface area contributed by atoms with Crippen molar-refractivity contribution in [1.29, 1.82) is 0 Å². The minimum atomic E-state index is -0.137. The molecule has 0 fully saturated rings. The lowest BCUT2D eigenvalue weighted by Gasteiger charge is -2.29. The van der Waals surface area contributed by atoms with Gasteiger partial charge in [-0.05, 0) is 122 Å². The Labute approximate surface area is 393 Å². The average molecular weight is 880 g/mol. The van der Waals surface area contributed by atoms with Crippen LogP contribution in [-0.4, -0.2) is 0 Å². The summed E-state index contributed by atoms with van der Waals surface area (Å²) < 4.78 is 5.29. The van der Waals surface area contributed by atoms with E-state index >= 15 is 0 Å². The number of nitrogens with zero attached hydrogens (tertiary/aromatic N) is 1. The Morgan fingerprint density at radius 2 is 1.23 bits per heavy atom. The summed E-state index contributed by atoms with van der Waals surface area (Å²) in [7, 11) is 0. The molecule has 13 rings (SSSR count). The molecule has 314 valence electrons. The molecule has 0 unspecified atom stereocenters. The van der Waals surface area contributed by atoms with Crippen molar-refractivity contribution in [2.45, 2.75) is 32.1 Å². The van der Waals surface area contributed by atoms with Crippen molar-refractivity contribution in [3.05, 3.63) is 245 Å². The van der Waals surface area contributed by atoms with Gasteiger partial charge in [0.05, 0.1) is 10.4 Å². The minimum Gasteiger partial charge on any atom is -0.309 e. The first kappa shape index (κ1) is 39.1. The van der Waals surface area contributed by atoms with Crippen molar-refractivity contribution >= 4 is 103 Å². The second-order valence-corrected chi connectivity index (χ2v) is 20.6. The molecule has 9 aromatic carbocycles. The maximum Gasteiger partial charge on any atom is 0.0640 e. The van der Waals surface area contributed by atoms with Crippen molar-refractivity contribution in [2.24, 2.45) is 0 Å². The van der Waals surface area contributed by atoms with E-state index in [1.165, 1.54) is 119 Å². The van der Waals surface area contributed by atoms with Crippen LogP contribution in [0.2, 0.25) is 0 Å². The second kappa shape index (κ2) is 15.4. The lowest BCUT2D eigenvalue weighted by Crippen LogP contribution is -2.16. The van der Waals surface area contributed by atoms with Gasteiger partial charge in [0.15, 0.2) is 0 Å². The van der Waals surface area contributed by atoms with Crippen LogP contribution in [0.5, 0.6) is 0 Å². The van der Waals surface area contributed by atoms with Gasteiger partial charge in [0.25, 0.3) is 0 Å². The normalized spacial score (nSPS) is 14.7. The summed E-state index contributed by atoms with van der Waals surface area (Å²) in [6, 6.07) is 75.1. The van der Waals surface area contributed by atoms with Crippen LogP contribution < -0.4 is 4.90 Å². The lowest BCUT2D eigenvalue weighted by molar-refractivity contribution is 0.660. The Balaban J connectivity index is 1.08. The van der Waals surface area contributed by atoms with Gasteiger partial charge >= 0.3 is 0 Å². The summed E-state index contributed by atoms with van der Waals surface area (Å²) in [6.07, 6.45) is 6.45. The van der Waals surface area contributed by atoms with Crippen LogP contribution >= 0.6 is 22.7 Å². The number of anilines is 3. The van der Waals surface area contributed by atoms with E-state index in [1.807, 2.05) is 22.7 Å².